The summed E-state index contributed by atoms with van der Waals surface area (Å²) in [5.74, 6) is -0.253. The molecule has 0 aromatic heterocycles. The van der Waals surface area contributed by atoms with Crippen molar-refractivity contribution in [1.82, 2.24) is 9.62 Å². The highest BCUT2D eigenvalue weighted by molar-refractivity contribution is 7.89. The number of nitrogens with zero attached hydrogens (tertiary/aromatic N) is 1. The predicted octanol–water partition coefficient (Wildman–Crippen LogP) is 0.829. The summed E-state index contributed by atoms with van der Waals surface area (Å²) in [7, 11) is -0.487. The number of nitrogens with one attached hydrogen (secondary N) is 1. The molecule has 0 heterocycles. The number of rotatable bonds is 8. The van der Waals surface area contributed by atoms with Crippen LogP contribution in [-0.2, 0) is 10.0 Å². The molecule has 0 radical (unpaired) electrons. The van der Waals surface area contributed by atoms with Crippen LogP contribution in [-0.4, -0.2) is 51.0 Å². The van der Waals surface area contributed by atoms with Gasteiger partial charge in [-0.2, -0.15) is 0 Å². The average molecular weight is 314 g/mol. The Bertz CT molecular complexity index is 555. The van der Waals surface area contributed by atoms with Crippen molar-refractivity contribution in [1.29, 1.82) is 0 Å². The van der Waals surface area contributed by atoms with Crippen LogP contribution >= 0.6 is 0 Å². The van der Waals surface area contributed by atoms with Crippen molar-refractivity contribution in [2.24, 2.45) is 0 Å². The zero-order chi connectivity index (χ0) is 15.9. The molecule has 0 spiro atoms. The molecular weight excluding hydrogens is 292 g/mol. The van der Waals surface area contributed by atoms with E-state index in [1.807, 2.05) is 0 Å². The van der Waals surface area contributed by atoms with Crippen molar-refractivity contribution in [2.45, 2.75) is 24.2 Å². The second-order valence-electron chi connectivity index (χ2n) is 4.71. The zero-order valence-electron chi connectivity index (χ0n) is 12.4. The summed E-state index contributed by atoms with van der Waals surface area (Å²) >= 11 is 0. The Morgan fingerprint density at radius 2 is 1.81 bits per heavy atom. The Morgan fingerprint density at radius 1 is 1.19 bits per heavy atom. The van der Waals surface area contributed by atoms with E-state index in [9.17, 15) is 13.2 Å². The highest BCUT2D eigenvalue weighted by Crippen LogP contribution is 2.16. The summed E-state index contributed by atoms with van der Waals surface area (Å²) in [6.07, 6.45) is 2.16. The molecule has 2 N–H and O–H groups in total. The van der Waals surface area contributed by atoms with Gasteiger partial charge in [-0.25, -0.2) is 12.7 Å². The van der Waals surface area contributed by atoms with Gasteiger partial charge in [0.1, 0.15) is 0 Å². The molecule has 1 aromatic carbocycles. The standard InChI is InChI=1S/C14H22N2O4S/c1-15-14(18)12-6-8-13(9-7-12)21(19,20)16(2)10-4-3-5-11-17/h6-9,17H,3-5,10-11H2,1-2H3,(H,15,18). The molecule has 1 rings (SSSR count). The van der Waals surface area contributed by atoms with Gasteiger partial charge in [-0.15, -0.1) is 0 Å². The normalized spacial score (nSPS) is 11.6. The van der Waals surface area contributed by atoms with Gasteiger partial charge in [0.2, 0.25) is 10.0 Å². The minimum absolute atomic E-state index is 0.122. The SMILES string of the molecule is CNC(=O)c1ccc(S(=O)(=O)N(C)CCCCCO)cc1. The number of aliphatic hydroxyl groups is 1. The summed E-state index contributed by atoms with van der Waals surface area (Å²) < 4.78 is 25.9. The van der Waals surface area contributed by atoms with Crippen LogP contribution in [0.3, 0.4) is 0 Å². The maximum atomic E-state index is 12.3. The van der Waals surface area contributed by atoms with E-state index in [0.717, 1.165) is 6.42 Å². The minimum atomic E-state index is -3.54. The Morgan fingerprint density at radius 3 is 2.33 bits per heavy atom. The lowest BCUT2D eigenvalue weighted by atomic mass is 10.2. The van der Waals surface area contributed by atoms with Gasteiger partial charge < -0.3 is 10.4 Å². The minimum Gasteiger partial charge on any atom is -0.396 e. The van der Waals surface area contributed by atoms with Crippen LogP contribution in [0.1, 0.15) is 29.6 Å². The Hall–Kier alpha value is -1.44. The van der Waals surface area contributed by atoms with Crippen LogP contribution in [0.4, 0.5) is 0 Å². The lowest BCUT2D eigenvalue weighted by molar-refractivity contribution is 0.0963. The van der Waals surface area contributed by atoms with Crippen molar-refractivity contribution in [3.63, 3.8) is 0 Å². The van der Waals surface area contributed by atoms with Crippen LogP contribution in [0.5, 0.6) is 0 Å². The first-order valence-electron chi connectivity index (χ1n) is 6.83. The summed E-state index contributed by atoms with van der Waals surface area (Å²) in [5, 5.41) is 11.2. The molecule has 1 amide bonds. The van der Waals surface area contributed by atoms with Gasteiger partial charge in [0.25, 0.3) is 5.91 Å². The number of carbonyl (C=O) groups is 1. The summed E-state index contributed by atoms with van der Waals surface area (Å²) in [4.78, 5) is 11.6. The molecule has 0 aliphatic carbocycles. The number of carbonyl (C=O) groups excluding carboxylic acids is 1. The Balaban J connectivity index is 2.75. The molecule has 0 saturated heterocycles. The topological polar surface area (TPSA) is 86.7 Å². The van der Waals surface area contributed by atoms with Gasteiger partial charge in [-0.3, -0.25) is 4.79 Å². The van der Waals surface area contributed by atoms with E-state index < -0.39 is 10.0 Å². The lowest BCUT2D eigenvalue weighted by Gasteiger charge is -2.17. The third-order valence-corrected chi connectivity index (χ3v) is 5.05. The van der Waals surface area contributed by atoms with E-state index >= 15 is 0 Å². The van der Waals surface area contributed by atoms with Crippen molar-refractivity contribution < 1.29 is 18.3 Å². The maximum absolute atomic E-state index is 12.3. The number of hydrogen-bond donors (Lipinski definition) is 2. The summed E-state index contributed by atoms with van der Waals surface area (Å²) in [5.41, 5.74) is 0.419. The fourth-order valence-corrected chi connectivity index (χ4v) is 3.06. The van der Waals surface area contributed by atoms with Gasteiger partial charge in [0.15, 0.2) is 0 Å². The van der Waals surface area contributed by atoms with Crippen LogP contribution in [0.2, 0.25) is 0 Å². The van der Waals surface area contributed by atoms with Gasteiger partial charge in [0.05, 0.1) is 4.90 Å². The van der Waals surface area contributed by atoms with Gasteiger partial charge in [-0.1, -0.05) is 0 Å². The summed E-state index contributed by atoms with van der Waals surface area (Å²) in [6.45, 7) is 0.525. The number of unbranched alkanes of at least 4 members (excludes halogenated alkanes) is 2. The molecule has 0 atom stereocenters. The number of benzene rings is 1. The van der Waals surface area contributed by atoms with E-state index in [1.165, 1.54) is 42.7 Å². The van der Waals surface area contributed by atoms with Crippen LogP contribution in [0.25, 0.3) is 0 Å². The van der Waals surface area contributed by atoms with Crippen LogP contribution in [0.15, 0.2) is 29.2 Å². The molecule has 0 fully saturated rings. The number of hydrogen-bond acceptors (Lipinski definition) is 4. The van der Waals surface area contributed by atoms with Crippen molar-refractivity contribution >= 4 is 15.9 Å². The molecule has 0 saturated carbocycles. The molecule has 0 aliphatic heterocycles. The molecule has 6 nitrogen and oxygen atoms in total. The lowest BCUT2D eigenvalue weighted by Crippen LogP contribution is -2.28. The van der Waals surface area contributed by atoms with Crippen LogP contribution < -0.4 is 5.32 Å². The monoisotopic (exact) mass is 314 g/mol. The third-order valence-electron chi connectivity index (χ3n) is 3.18. The molecule has 7 heteroatoms. The van der Waals surface area contributed by atoms with E-state index in [-0.39, 0.29) is 17.4 Å². The van der Waals surface area contributed by atoms with E-state index in [1.54, 1.807) is 0 Å². The van der Waals surface area contributed by atoms with Crippen molar-refractivity contribution in [2.75, 3.05) is 27.2 Å². The molecule has 0 unspecified atom stereocenters. The third kappa shape index (κ3) is 4.80. The number of amides is 1. The van der Waals surface area contributed by atoms with Crippen LogP contribution in [0, 0.1) is 0 Å². The smallest absolute Gasteiger partial charge is 0.251 e. The number of aliphatic hydroxyl groups excluding tert-OH is 1. The van der Waals surface area contributed by atoms with Gasteiger partial charge in [0, 0.05) is 32.8 Å². The van der Waals surface area contributed by atoms with E-state index in [4.69, 9.17) is 5.11 Å². The van der Waals surface area contributed by atoms with Gasteiger partial charge in [-0.05, 0) is 43.5 Å². The fraction of sp³-hybridized carbons (Fsp3) is 0.500. The Kier molecular flexibility index (Phi) is 6.80. The molecule has 21 heavy (non-hydrogen) atoms. The highest BCUT2D eigenvalue weighted by Gasteiger charge is 2.20. The second kappa shape index (κ2) is 8.11. The molecular formula is C14H22N2O4S. The molecule has 0 bridgehead atoms. The average Bonchev–Trinajstić information content (AvgIpc) is 2.50. The van der Waals surface area contributed by atoms with Crippen molar-refractivity contribution in [3.05, 3.63) is 29.8 Å². The zero-order valence-corrected chi connectivity index (χ0v) is 13.2. The van der Waals surface area contributed by atoms with Gasteiger partial charge >= 0.3 is 0 Å². The van der Waals surface area contributed by atoms with Crippen molar-refractivity contribution in [3.8, 4) is 0 Å². The van der Waals surface area contributed by atoms with E-state index in [0.29, 0.717) is 24.9 Å². The second-order valence-corrected chi connectivity index (χ2v) is 6.76. The number of sulfonamides is 1. The Labute approximate surface area is 125 Å². The largest absolute Gasteiger partial charge is 0.396 e. The van der Waals surface area contributed by atoms with E-state index in [2.05, 4.69) is 5.32 Å². The molecule has 118 valence electrons. The predicted molar refractivity (Wildman–Crippen MR) is 80.6 cm³/mol. The molecule has 1 aromatic rings. The maximum Gasteiger partial charge on any atom is 0.251 e. The first kappa shape index (κ1) is 17.6. The molecule has 0 aliphatic rings. The first-order valence-corrected chi connectivity index (χ1v) is 8.27. The fourth-order valence-electron chi connectivity index (χ4n) is 1.85. The highest BCUT2D eigenvalue weighted by atomic mass is 32.2. The first-order chi connectivity index (χ1) is 9.93. The quantitative estimate of drug-likeness (QED) is 0.696. The summed E-state index contributed by atoms with van der Waals surface area (Å²) in [6, 6.07) is 5.85.